The number of alkyl halides is 4. The summed E-state index contributed by atoms with van der Waals surface area (Å²) in [5.74, 6) is -4.62. The Morgan fingerprint density at radius 3 is 2.17 bits per heavy atom. The van der Waals surface area contributed by atoms with Crippen LogP contribution in [0, 0.1) is 0 Å². The highest BCUT2D eigenvalue weighted by Gasteiger charge is 2.43. The molecule has 1 unspecified atom stereocenters. The normalized spacial score (nSPS) is 17.9. The molecule has 0 aromatic heterocycles. The number of hydrogen-bond donors (Lipinski definition) is 1. The summed E-state index contributed by atoms with van der Waals surface area (Å²) in [6.45, 7) is -2.13. The van der Waals surface area contributed by atoms with E-state index in [2.05, 4.69) is 4.52 Å². The maximum Gasteiger partial charge on any atom is 0.510 e. The van der Waals surface area contributed by atoms with Crippen LogP contribution in [0.1, 0.15) is 0 Å². The molecule has 0 aliphatic carbocycles. The molecular weight excluding hydrogens is 210 g/mol. The SMILES string of the molecule is O=P(O)(F)OCC(F)(F)C(F)F. The van der Waals surface area contributed by atoms with E-state index in [1.807, 2.05) is 0 Å². The van der Waals surface area contributed by atoms with E-state index in [9.17, 15) is 26.3 Å². The third-order valence-corrected chi connectivity index (χ3v) is 1.18. The van der Waals surface area contributed by atoms with Crippen molar-refractivity contribution in [2.75, 3.05) is 6.61 Å². The molecule has 0 heterocycles. The molecule has 12 heavy (non-hydrogen) atoms. The molecule has 0 aromatic rings. The number of hydrogen-bond acceptors (Lipinski definition) is 2. The van der Waals surface area contributed by atoms with Crippen molar-refractivity contribution in [3.8, 4) is 0 Å². The van der Waals surface area contributed by atoms with E-state index >= 15 is 0 Å². The van der Waals surface area contributed by atoms with Crippen LogP contribution in [0.2, 0.25) is 0 Å². The van der Waals surface area contributed by atoms with Gasteiger partial charge in [0.2, 0.25) is 0 Å². The van der Waals surface area contributed by atoms with Crippen LogP contribution >= 0.6 is 7.91 Å². The van der Waals surface area contributed by atoms with E-state index in [0.717, 1.165) is 0 Å². The maximum atomic E-state index is 11.8. The minimum atomic E-state index is -5.62. The standard InChI is InChI=1S/C3H4F5O3P/c4-2(5)3(6,7)1-11-12(8,9)10/h2H,1H2,(H,9,10). The molecule has 0 amide bonds. The van der Waals surface area contributed by atoms with Gasteiger partial charge >= 0.3 is 20.3 Å². The summed E-state index contributed by atoms with van der Waals surface area (Å²) in [6.07, 6.45) is -4.07. The van der Waals surface area contributed by atoms with Crippen molar-refractivity contribution in [3.05, 3.63) is 0 Å². The molecule has 0 aromatic carbocycles. The summed E-state index contributed by atoms with van der Waals surface area (Å²) in [5, 5.41) is 0. The first-order valence-electron chi connectivity index (χ1n) is 2.48. The highest BCUT2D eigenvalue weighted by atomic mass is 31.2. The molecule has 0 fully saturated rings. The fourth-order valence-electron chi connectivity index (χ4n) is 0.229. The molecule has 0 saturated heterocycles. The Morgan fingerprint density at radius 2 is 1.92 bits per heavy atom. The van der Waals surface area contributed by atoms with E-state index in [1.165, 1.54) is 0 Å². The van der Waals surface area contributed by atoms with Crippen molar-refractivity contribution in [1.82, 2.24) is 0 Å². The van der Waals surface area contributed by atoms with Crippen molar-refractivity contribution >= 4 is 7.91 Å². The van der Waals surface area contributed by atoms with Crippen molar-refractivity contribution in [2.45, 2.75) is 12.3 Å². The molecule has 0 saturated carbocycles. The van der Waals surface area contributed by atoms with Crippen molar-refractivity contribution < 1.29 is 35.7 Å². The predicted octanol–water partition coefficient (Wildman–Crippen LogP) is 1.97. The van der Waals surface area contributed by atoms with Gasteiger partial charge in [0, 0.05) is 0 Å². The zero-order valence-corrected chi connectivity index (χ0v) is 6.28. The Kier molecular flexibility index (Phi) is 3.61. The van der Waals surface area contributed by atoms with Gasteiger partial charge in [-0.3, -0.25) is 9.42 Å². The maximum absolute atomic E-state index is 11.8. The third-order valence-electron chi connectivity index (χ3n) is 0.735. The highest BCUT2D eigenvalue weighted by molar-refractivity contribution is 7.46. The molecular formula is C3H4F5O3P. The van der Waals surface area contributed by atoms with Gasteiger partial charge in [0.15, 0.2) is 0 Å². The predicted molar refractivity (Wildman–Crippen MR) is 27.8 cm³/mol. The second-order valence-electron chi connectivity index (χ2n) is 1.79. The van der Waals surface area contributed by atoms with Crippen molar-refractivity contribution in [2.24, 2.45) is 0 Å². The van der Waals surface area contributed by atoms with Gasteiger partial charge in [-0.05, 0) is 0 Å². The quantitative estimate of drug-likeness (QED) is 0.574. The third kappa shape index (κ3) is 4.63. The minimum absolute atomic E-state index is 2.13. The van der Waals surface area contributed by atoms with E-state index in [0.29, 0.717) is 0 Å². The van der Waals surface area contributed by atoms with Crippen LogP contribution in [-0.2, 0) is 9.09 Å². The van der Waals surface area contributed by atoms with Gasteiger partial charge in [0.1, 0.15) is 6.61 Å². The summed E-state index contributed by atoms with van der Waals surface area (Å²) < 4.78 is 70.2. The van der Waals surface area contributed by atoms with Crippen molar-refractivity contribution in [1.29, 1.82) is 0 Å². The number of rotatable bonds is 4. The van der Waals surface area contributed by atoms with Gasteiger partial charge in [0.25, 0.3) is 0 Å². The minimum Gasteiger partial charge on any atom is -0.299 e. The summed E-state index contributed by atoms with van der Waals surface area (Å²) in [6, 6.07) is 0. The van der Waals surface area contributed by atoms with Crippen molar-refractivity contribution in [3.63, 3.8) is 0 Å². The molecule has 9 heteroatoms. The van der Waals surface area contributed by atoms with Gasteiger partial charge in [-0.25, -0.2) is 13.3 Å². The highest BCUT2D eigenvalue weighted by Crippen LogP contribution is 2.44. The van der Waals surface area contributed by atoms with E-state index in [1.54, 1.807) is 0 Å². The largest absolute Gasteiger partial charge is 0.510 e. The van der Waals surface area contributed by atoms with E-state index < -0.39 is 26.9 Å². The second kappa shape index (κ2) is 3.68. The fraction of sp³-hybridized carbons (Fsp3) is 1.00. The van der Waals surface area contributed by atoms with Gasteiger partial charge in [0.05, 0.1) is 0 Å². The smallest absolute Gasteiger partial charge is 0.299 e. The average Bonchev–Trinajstić information content (AvgIpc) is 1.82. The molecule has 0 aliphatic rings. The molecule has 0 rings (SSSR count). The molecule has 1 atom stereocenters. The lowest BCUT2D eigenvalue weighted by atomic mass is 10.4. The van der Waals surface area contributed by atoms with Crippen LogP contribution < -0.4 is 0 Å². The van der Waals surface area contributed by atoms with Crippen LogP contribution in [0.4, 0.5) is 21.8 Å². The zero-order valence-electron chi connectivity index (χ0n) is 5.39. The van der Waals surface area contributed by atoms with Gasteiger partial charge < -0.3 is 0 Å². The first kappa shape index (κ1) is 11.8. The Morgan fingerprint density at radius 1 is 1.50 bits per heavy atom. The van der Waals surface area contributed by atoms with Crippen LogP contribution in [-0.4, -0.2) is 23.8 Å². The Hall–Kier alpha value is -0.200. The molecule has 3 nitrogen and oxygen atoms in total. The molecule has 0 bridgehead atoms. The molecule has 74 valence electrons. The Balaban J connectivity index is 4.01. The topological polar surface area (TPSA) is 46.5 Å². The average molecular weight is 214 g/mol. The summed E-state index contributed by atoms with van der Waals surface area (Å²) in [5.41, 5.74) is 0. The van der Waals surface area contributed by atoms with Crippen LogP contribution in [0.3, 0.4) is 0 Å². The molecule has 0 aliphatic heterocycles. The van der Waals surface area contributed by atoms with Gasteiger partial charge in [-0.2, -0.15) is 8.78 Å². The van der Waals surface area contributed by atoms with E-state index in [-0.39, 0.29) is 0 Å². The summed E-state index contributed by atoms with van der Waals surface area (Å²) >= 11 is 0. The lowest BCUT2D eigenvalue weighted by molar-refractivity contribution is -0.150. The lowest BCUT2D eigenvalue weighted by Crippen LogP contribution is -2.31. The Bertz CT molecular complexity index is 188. The van der Waals surface area contributed by atoms with Gasteiger partial charge in [-0.1, -0.05) is 0 Å². The molecule has 1 N–H and O–H groups in total. The second-order valence-corrected chi connectivity index (χ2v) is 2.95. The van der Waals surface area contributed by atoms with E-state index in [4.69, 9.17) is 4.89 Å². The lowest BCUT2D eigenvalue weighted by Gasteiger charge is -2.14. The Labute approximate surface area is 63.8 Å². The fourth-order valence-corrected chi connectivity index (χ4v) is 0.560. The summed E-state index contributed by atoms with van der Waals surface area (Å²) in [4.78, 5) is 7.65. The molecule has 0 spiro atoms. The van der Waals surface area contributed by atoms with Crippen LogP contribution in [0.25, 0.3) is 0 Å². The monoisotopic (exact) mass is 214 g/mol. The van der Waals surface area contributed by atoms with Crippen LogP contribution in [0.15, 0.2) is 0 Å². The zero-order chi connectivity index (χ0) is 9.99. The number of halogens is 5. The first-order valence-corrected chi connectivity index (χ1v) is 3.95. The van der Waals surface area contributed by atoms with Crippen LogP contribution in [0.5, 0.6) is 0 Å². The molecule has 0 radical (unpaired) electrons. The van der Waals surface area contributed by atoms with Gasteiger partial charge in [-0.15, -0.1) is 4.20 Å². The summed E-state index contributed by atoms with van der Waals surface area (Å²) in [7, 11) is -5.62. The first-order chi connectivity index (χ1) is 5.15.